The first-order chi connectivity index (χ1) is 17.7. The molecule has 0 aliphatic carbocycles. The Balaban J connectivity index is 2.13. The molecule has 0 aliphatic rings. The van der Waals surface area contributed by atoms with Gasteiger partial charge in [-0.05, 0) is 61.7 Å². The summed E-state index contributed by atoms with van der Waals surface area (Å²) in [6.45, 7) is 11.9. The Bertz CT molecular complexity index is 1550. The molecule has 0 saturated heterocycles. The van der Waals surface area contributed by atoms with Gasteiger partial charge in [0.25, 0.3) is 0 Å². The summed E-state index contributed by atoms with van der Waals surface area (Å²) >= 11 is 0. The highest BCUT2D eigenvalue weighted by Gasteiger charge is 2.28. The lowest BCUT2D eigenvalue weighted by Crippen LogP contribution is -2.09. The monoisotopic (exact) mass is 516 g/mol. The number of rotatable bonds is 5. The fourth-order valence-electron chi connectivity index (χ4n) is 5.11. The minimum atomic E-state index is -0.551. The number of phenolic OH excluding ortho intramolecular Hbond substituents is 5. The third kappa shape index (κ3) is 3.90. The Hall–Kier alpha value is -4.26. The predicted molar refractivity (Wildman–Crippen MR) is 148 cm³/mol. The highest BCUT2D eigenvalue weighted by Crippen LogP contribution is 2.50. The number of fused-ring (bicyclic) bond motifs is 2. The van der Waals surface area contributed by atoms with E-state index >= 15 is 0 Å². The first kappa shape index (κ1) is 26.8. The highest BCUT2D eigenvalue weighted by atomic mass is 16.3. The predicted octanol–water partition coefficient (Wildman–Crippen LogP) is 6.79. The van der Waals surface area contributed by atoms with E-state index in [-0.39, 0.29) is 56.4 Å². The van der Waals surface area contributed by atoms with Gasteiger partial charge in [0, 0.05) is 44.5 Å². The number of benzene rings is 4. The van der Waals surface area contributed by atoms with Crippen molar-refractivity contribution in [1.29, 1.82) is 0 Å². The normalized spacial score (nSPS) is 11.7. The third-order valence-electron chi connectivity index (χ3n) is 7.14. The number of ketones is 2. The van der Waals surface area contributed by atoms with Crippen molar-refractivity contribution >= 4 is 33.1 Å². The van der Waals surface area contributed by atoms with E-state index in [1.54, 1.807) is 66.7 Å². The topological polar surface area (TPSA) is 135 Å². The number of aromatic hydroxyl groups is 5. The van der Waals surface area contributed by atoms with E-state index in [4.69, 9.17) is 0 Å². The molecule has 4 rings (SSSR count). The zero-order chi connectivity index (χ0) is 28.4. The Kier molecular flexibility index (Phi) is 6.52. The largest absolute Gasteiger partial charge is 0.507 e. The van der Waals surface area contributed by atoms with Gasteiger partial charge in [-0.3, -0.25) is 9.59 Å². The maximum absolute atomic E-state index is 13.0. The molecule has 0 unspecified atom stereocenters. The van der Waals surface area contributed by atoms with Crippen molar-refractivity contribution in [2.45, 2.75) is 48.5 Å². The molecule has 4 aromatic carbocycles. The van der Waals surface area contributed by atoms with E-state index in [1.165, 1.54) is 6.07 Å². The molecule has 7 nitrogen and oxygen atoms in total. The van der Waals surface area contributed by atoms with Gasteiger partial charge in [0.15, 0.2) is 23.1 Å². The molecule has 0 saturated carbocycles. The first-order valence-corrected chi connectivity index (χ1v) is 12.5. The summed E-state index contributed by atoms with van der Waals surface area (Å²) in [6.07, 6.45) is 0. The van der Waals surface area contributed by atoms with E-state index in [0.717, 1.165) is 0 Å². The number of carbonyl (C=O) groups is 2. The lowest BCUT2D eigenvalue weighted by Gasteiger charge is -2.21. The second-order valence-corrected chi connectivity index (χ2v) is 10.6. The molecular formula is C31H32O7. The van der Waals surface area contributed by atoms with Gasteiger partial charge in [-0.2, -0.15) is 0 Å². The van der Waals surface area contributed by atoms with Gasteiger partial charge in [0.2, 0.25) is 0 Å². The van der Waals surface area contributed by atoms with Gasteiger partial charge in [-0.25, -0.2) is 0 Å². The number of hydrogen-bond donors (Lipinski definition) is 5. The fraction of sp³-hybridized carbons (Fsp3) is 0.290. The molecule has 5 N–H and O–H groups in total. The quantitative estimate of drug-likeness (QED) is 0.146. The van der Waals surface area contributed by atoms with Gasteiger partial charge in [-0.1, -0.05) is 27.7 Å². The number of Topliss-reactive ketones (excluding diaryl/α,β-unsaturated/α-hetero) is 2. The van der Waals surface area contributed by atoms with Crippen LogP contribution in [-0.2, 0) is 0 Å². The van der Waals surface area contributed by atoms with Crippen molar-refractivity contribution in [3.05, 3.63) is 52.1 Å². The van der Waals surface area contributed by atoms with Crippen molar-refractivity contribution in [3.63, 3.8) is 0 Å². The van der Waals surface area contributed by atoms with Crippen LogP contribution in [0.4, 0.5) is 0 Å². The van der Waals surface area contributed by atoms with Crippen molar-refractivity contribution in [1.82, 2.24) is 0 Å². The average Bonchev–Trinajstić information content (AvgIpc) is 2.83. The summed E-state index contributed by atoms with van der Waals surface area (Å²) in [5.41, 5.74) is 2.12. The lowest BCUT2D eigenvalue weighted by molar-refractivity contribution is 0.0930. The van der Waals surface area contributed by atoms with Gasteiger partial charge in [0.1, 0.15) is 17.2 Å². The molecule has 0 aromatic heterocycles. The minimum absolute atomic E-state index is 0.0812. The van der Waals surface area contributed by atoms with E-state index in [0.29, 0.717) is 33.0 Å². The van der Waals surface area contributed by atoms with Crippen LogP contribution in [-0.4, -0.2) is 37.1 Å². The minimum Gasteiger partial charge on any atom is -0.507 e. The van der Waals surface area contributed by atoms with Crippen LogP contribution < -0.4 is 0 Å². The summed E-state index contributed by atoms with van der Waals surface area (Å²) in [6, 6.07) is 6.12. The second kappa shape index (κ2) is 9.24. The molecule has 0 heterocycles. The van der Waals surface area contributed by atoms with Crippen LogP contribution in [0.1, 0.15) is 65.1 Å². The van der Waals surface area contributed by atoms with Crippen LogP contribution in [0.5, 0.6) is 28.7 Å². The number of carbonyl (C=O) groups excluding carboxylic acids is 2. The summed E-state index contributed by atoms with van der Waals surface area (Å²) in [7, 11) is 0. The Morgan fingerprint density at radius 3 is 1.32 bits per heavy atom. The molecule has 198 valence electrons. The molecule has 0 aliphatic heterocycles. The van der Waals surface area contributed by atoms with Crippen LogP contribution in [0, 0.1) is 32.6 Å². The number of aryl methyl sites for hydroxylation is 3. The summed E-state index contributed by atoms with van der Waals surface area (Å²) in [5.74, 6) is -3.19. The van der Waals surface area contributed by atoms with Crippen molar-refractivity contribution in [2.24, 2.45) is 11.8 Å². The zero-order valence-electron chi connectivity index (χ0n) is 22.5. The maximum Gasteiger partial charge on any atom is 0.169 e. The van der Waals surface area contributed by atoms with Gasteiger partial charge in [0.05, 0.1) is 11.1 Å². The van der Waals surface area contributed by atoms with Gasteiger partial charge >= 0.3 is 0 Å². The van der Waals surface area contributed by atoms with Crippen LogP contribution in [0.15, 0.2) is 24.3 Å². The highest BCUT2D eigenvalue weighted by molar-refractivity contribution is 6.17. The molecule has 7 heteroatoms. The van der Waals surface area contributed by atoms with E-state index in [2.05, 4.69) is 0 Å². The number of phenols is 5. The average molecular weight is 517 g/mol. The lowest BCUT2D eigenvalue weighted by atomic mass is 9.85. The summed E-state index contributed by atoms with van der Waals surface area (Å²) in [4.78, 5) is 25.9. The van der Waals surface area contributed by atoms with E-state index in [1.807, 2.05) is 0 Å². The first-order valence-electron chi connectivity index (χ1n) is 12.5. The van der Waals surface area contributed by atoms with E-state index in [9.17, 15) is 35.1 Å². The smallest absolute Gasteiger partial charge is 0.169 e. The van der Waals surface area contributed by atoms with Crippen LogP contribution >= 0.6 is 0 Å². The third-order valence-corrected chi connectivity index (χ3v) is 7.14. The molecule has 0 bridgehead atoms. The molecule has 4 aromatic rings. The Labute approximate surface area is 220 Å². The molecule has 0 fully saturated rings. The Morgan fingerprint density at radius 1 is 0.526 bits per heavy atom. The van der Waals surface area contributed by atoms with Crippen LogP contribution in [0.2, 0.25) is 0 Å². The molecule has 38 heavy (non-hydrogen) atoms. The molecule has 0 radical (unpaired) electrons. The molecule has 0 atom stereocenters. The van der Waals surface area contributed by atoms with Crippen molar-refractivity contribution < 1.29 is 35.1 Å². The fourth-order valence-corrected chi connectivity index (χ4v) is 5.11. The SMILES string of the molecule is Cc1cc2c(O)c(-c3c(C)cc4c(C(=O)C(C)C)c(O)c(O)cc4c3O)c(C)cc2c(C(=O)C(C)C)c1O. The summed E-state index contributed by atoms with van der Waals surface area (Å²) in [5, 5.41) is 55.8. The van der Waals surface area contributed by atoms with E-state index < -0.39 is 23.2 Å². The van der Waals surface area contributed by atoms with Crippen molar-refractivity contribution in [2.75, 3.05) is 0 Å². The van der Waals surface area contributed by atoms with Gasteiger partial charge in [-0.15, -0.1) is 0 Å². The second-order valence-electron chi connectivity index (χ2n) is 10.6. The summed E-state index contributed by atoms with van der Waals surface area (Å²) < 4.78 is 0. The standard InChI is InChI=1S/C31H32O7/c1-12(2)26(33)24-17-8-14(5)22(29(36)19(17)10-16(7)28(24)35)23-15(6)9-18-20(30(23)37)11-21(32)31(38)25(18)27(34)13(3)4/h8-13,32,35-38H,1-7H3. The van der Waals surface area contributed by atoms with Gasteiger partial charge < -0.3 is 25.5 Å². The molecule has 0 spiro atoms. The van der Waals surface area contributed by atoms with Crippen LogP contribution in [0.3, 0.4) is 0 Å². The molecule has 0 amide bonds. The zero-order valence-corrected chi connectivity index (χ0v) is 22.5. The Morgan fingerprint density at radius 2 is 0.895 bits per heavy atom. The van der Waals surface area contributed by atoms with Crippen LogP contribution in [0.25, 0.3) is 32.7 Å². The molecular weight excluding hydrogens is 484 g/mol. The maximum atomic E-state index is 13.0. The number of hydrogen-bond acceptors (Lipinski definition) is 7. The van der Waals surface area contributed by atoms with Crippen molar-refractivity contribution in [3.8, 4) is 39.9 Å².